The van der Waals surface area contributed by atoms with Crippen molar-refractivity contribution in [3.8, 4) is 0 Å². The van der Waals surface area contributed by atoms with Gasteiger partial charge in [-0.3, -0.25) is 0 Å². The van der Waals surface area contributed by atoms with Crippen LogP contribution in [0.15, 0.2) is 0 Å². The lowest BCUT2D eigenvalue weighted by molar-refractivity contribution is 0.0447. The fraction of sp³-hybridized carbons (Fsp3) is 0.923. The van der Waals surface area contributed by atoms with Gasteiger partial charge >= 0.3 is 6.09 Å². The van der Waals surface area contributed by atoms with Gasteiger partial charge in [-0.25, -0.2) is 4.79 Å². The molecule has 0 spiro atoms. The van der Waals surface area contributed by atoms with E-state index in [1.54, 1.807) is 0 Å². The van der Waals surface area contributed by atoms with Crippen LogP contribution in [0.25, 0.3) is 0 Å². The molecule has 1 heterocycles. The highest BCUT2D eigenvalue weighted by molar-refractivity contribution is 5.68. The van der Waals surface area contributed by atoms with E-state index in [1.165, 1.54) is 19.3 Å². The van der Waals surface area contributed by atoms with Crippen LogP contribution in [0.5, 0.6) is 0 Å². The molecule has 4 heteroatoms. The molecule has 0 aromatic carbocycles. The van der Waals surface area contributed by atoms with Crippen molar-refractivity contribution in [1.29, 1.82) is 0 Å². The van der Waals surface area contributed by atoms with Crippen LogP contribution in [-0.2, 0) is 4.74 Å². The van der Waals surface area contributed by atoms with Gasteiger partial charge in [0.25, 0.3) is 0 Å². The molecular weight excluding hydrogens is 216 g/mol. The normalized spacial score (nSPS) is 30.2. The zero-order valence-electron chi connectivity index (χ0n) is 10.8. The van der Waals surface area contributed by atoms with Gasteiger partial charge in [-0.2, -0.15) is 0 Å². The highest BCUT2D eigenvalue weighted by atomic mass is 16.6. The molecule has 0 unspecified atom stereocenters. The molecule has 0 atom stereocenters. The van der Waals surface area contributed by atoms with Crippen LogP contribution < -0.4 is 5.32 Å². The zero-order chi connectivity index (χ0) is 12.1. The Morgan fingerprint density at radius 2 is 2.12 bits per heavy atom. The van der Waals surface area contributed by atoms with E-state index in [4.69, 9.17) is 4.74 Å². The van der Waals surface area contributed by atoms with E-state index in [2.05, 4.69) is 12.2 Å². The van der Waals surface area contributed by atoms with Gasteiger partial charge in [0, 0.05) is 18.6 Å². The van der Waals surface area contributed by atoms with Gasteiger partial charge < -0.3 is 15.0 Å². The van der Waals surface area contributed by atoms with Gasteiger partial charge in [0.1, 0.15) is 0 Å². The van der Waals surface area contributed by atoms with Crippen molar-refractivity contribution in [1.82, 2.24) is 10.2 Å². The summed E-state index contributed by atoms with van der Waals surface area (Å²) in [4.78, 5) is 13.6. The molecule has 1 aliphatic heterocycles. The second-order valence-corrected chi connectivity index (χ2v) is 5.12. The minimum atomic E-state index is -0.0961. The number of nitrogens with zero attached hydrogens (tertiary/aromatic N) is 1. The van der Waals surface area contributed by atoms with E-state index in [1.807, 2.05) is 4.90 Å². The third kappa shape index (κ3) is 3.35. The molecule has 1 saturated heterocycles. The van der Waals surface area contributed by atoms with E-state index in [0.29, 0.717) is 18.7 Å². The highest BCUT2D eigenvalue weighted by Crippen LogP contribution is 2.25. The summed E-state index contributed by atoms with van der Waals surface area (Å²) in [6, 6.07) is 1.08. The number of amides is 1. The standard InChI is InChI=1S/C13H24N2O2/c1-2-8-14-11-4-6-12(7-5-11)15-9-3-10-17-13(15)16/h11-12,14H,2-10H2,1H3. The van der Waals surface area contributed by atoms with E-state index in [0.717, 1.165) is 32.4 Å². The van der Waals surface area contributed by atoms with E-state index >= 15 is 0 Å². The topological polar surface area (TPSA) is 41.6 Å². The summed E-state index contributed by atoms with van der Waals surface area (Å²) >= 11 is 0. The molecule has 0 bridgehead atoms. The summed E-state index contributed by atoms with van der Waals surface area (Å²) in [5.74, 6) is 0. The quantitative estimate of drug-likeness (QED) is 0.818. The minimum Gasteiger partial charge on any atom is -0.449 e. The Morgan fingerprint density at radius 1 is 1.35 bits per heavy atom. The van der Waals surface area contributed by atoms with Gasteiger partial charge in [-0.05, 0) is 45.1 Å². The average Bonchev–Trinajstić information content (AvgIpc) is 2.38. The number of hydrogen-bond donors (Lipinski definition) is 1. The molecule has 0 radical (unpaired) electrons. The fourth-order valence-corrected chi connectivity index (χ4v) is 2.84. The summed E-state index contributed by atoms with van der Waals surface area (Å²) in [5.41, 5.74) is 0. The summed E-state index contributed by atoms with van der Waals surface area (Å²) < 4.78 is 5.11. The molecule has 0 aromatic rings. The van der Waals surface area contributed by atoms with E-state index < -0.39 is 0 Å². The van der Waals surface area contributed by atoms with Crippen LogP contribution in [0.2, 0.25) is 0 Å². The van der Waals surface area contributed by atoms with Crippen molar-refractivity contribution in [2.45, 2.75) is 57.5 Å². The highest BCUT2D eigenvalue weighted by Gasteiger charge is 2.30. The van der Waals surface area contributed by atoms with Crippen LogP contribution in [0, 0.1) is 0 Å². The van der Waals surface area contributed by atoms with E-state index in [9.17, 15) is 4.79 Å². The summed E-state index contributed by atoms with van der Waals surface area (Å²) in [5, 5.41) is 3.57. The first-order valence-corrected chi connectivity index (χ1v) is 6.98. The molecule has 1 saturated carbocycles. The third-order valence-electron chi connectivity index (χ3n) is 3.82. The van der Waals surface area contributed by atoms with Gasteiger partial charge in [-0.1, -0.05) is 6.92 Å². The van der Waals surface area contributed by atoms with Crippen molar-refractivity contribution in [2.24, 2.45) is 0 Å². The van der Waals surface area contributed by atoms with Crippen molar-refractivity contribution >= 4 is 6.09 Å². The lowest BCUT2D eigenvalue weighted by atomic mass is 9.90. The number of cyclic esters (lactones) is 1. The summed E-state index contributed by atoms with van der Waals surface area (Å²) in [6.07, 6.45) is 6.70. The van der Waals surface area contributed by atoms with Crippen molar-refractivity contribution in [3.63, 3.8) is 0 Å². The molecule has 1 N–H and O–H groups in total. The SMILES string of the molecule is CCCNC1CCC(N2CCCOC2=O)CC1. The van der Waals surface area contributed by atoms with Crippen LogP contribution in [0.4, 0.5) is 4.79 Å². The lowest BCUT2D eigenvalue weighted by Crippen LogP contribution is -2.48. The number of nitrogens with one attached hydrogen (secondary N) is 1. The number of rotatable bonds is 4. The molecular formula is C13H24N2O2. The minimum absolute atomic E-state index is 0.0961. The zero-order valence-corrected chi connectivity index (χ0v) is 10.8. The van der Waals surface area contributed by atoms with Gasteiger partial charge in [0.05, 0.1) is 6.61 Å². The van der Waals surface area contributed by atoms with Crippen LogP contribution in [0.1, 0.15) is 45.4 Å². The summed E-state index contributed by atoms with van der Waals surface area (Å²) in [7, 11) is 0. The first-order chi connectivity index (χ1) is 8.31. The third-order valence-corrected chi connectivity index (χ3v) is 3.82. The van der Waals surface area contributed by atoms with Gasteiger partial charge in [0.2, 0.25) is 0 Å². The first kappa shape index (κ1) is 12.7. The predicted molar refractivity (Wildman–Crippen MR) is 67.0 cm³/mol. The van der Waals surface area contributed by atoms with Crippen LogP contribution in [-0.4, -0.2) is 42.8 Å². The molecule has 4 nitrogen and oxygen atoms in total. The Kier molecular flexibility index (Phi) is 4.66. The number of ether oxygens (including phenoxy) is 1. The van der Waals surface area contributed by atoms with Crippen molar-refractivity contribution in [3.05, 3.63) is 0 Å². The molecule has 1 amide bonds. The Bertz CT molecular complexity index is 250. The summed E-state index contributed by atoms with van der Waals surface area (Å²) in [6.45, 7) is 4.79. The van der Waals surface area contributed by atoms with E-state index in [-0.39, 0.29) is 6.09 Å². The number of carbonyl (C=O) groups is 1. The Morgan fingerprint density at radius 3 is 2.76 bits per heavy atom. The van der Waals surface area contributed by atoms with Crippen molar-refractivity contribution in [2.75, 3.05) is 19.7 Å². The molecule has 98 valence electrons. The maximum atomic E-state index is 11.6. The predicted octanol–water partition coefficient (Wildman–Crippen LogP) is 2.14. The number of carbonyl (C=O) groups excluding carboxylic acids is 1. The molecule has 2 fully saturated rings. The molecule has 17 heavy (non-hydrogen) atoms. The Labute approximate surface area is 104 Å². The maximum Gasteiger partial charge on any atom is 0.410 e. The smallest absolute Gasteiger partial charge is 0.410 e. The maximum absolute atomic E-state index is 11.6. The second kappa shape index (κ2) is 6.24. The molecule has 1 aliphatic carbocycles. The first-order valence-electron chi connectivity index (χ1n) is 6.98. The van der Waals surface area contributed by atoms with Gasteiger partial charge in [-0.15, -0.1) is 0 Å². The average molecular weight is 240 g/mol. The molecule has 2 rings (SSSR count). The Balaban J connectivity index is 1.76. The van der Waals surface area contributed by atoms with Gasteiger partial charge in [0.15, 0.2) is 0 Å². The second-order valence-electron chi connectivity index (χ2n) is 5.12. The largest absolute Gasteiger partial charge is 0.449 e. The monoisotopic (exact) mass is 240 g/mol. The lowest BCUT2D eigenvalue weighted by Gasteiger charge is -2.38. The molecule has 0 aromatic heterocycles. The van der Waals surface area contributed by atoms with Crippen LogP contribution >= 0.6 is 0 Å². The van der Waals surface area contributed by atoms with Crippen LogP contribution in [0.3, 0.4) is 0 Å². The molecule has 2 aliphatic rings. The Hall–Kier alpha value is -0.770. The van der Waals surface area contributed by atoms with Crippen molar-refractivity contribution < 1.29 is 9.53 Å². The number of hydrogen-bond acceptors (Lipinski definition) is 3. The fourth-order valence-electron chi connectivity index (χ4n) is 2.84.